The van der Waals surface area contributed by atoms with Crippen LogP contribution in [-0.4, -0.2) is 20.9 Å². The van der Waals surface area contributed by atoms with Gasteiger partial charge in [0.05, 0.1) is 11.6 Å². The van der Waals surface area contributed by atoms with Crippen LogP contribution in [0.2, 0.25) is 0 Å². The van der Waals surface area contributed by atoms with Crippen molar-refractivity contribution in [3.63, 3.8) is 0 Å². The van der Waals surface area contributed by atoms with E-state index in [0.717, 1.165) is 0 Å². The van der Waals surface area contributed by atoms with Gasteiger partial charge in [-0.1, -0.05) is 6.92 Å². The molecule has 0 radical (unpaired) electrons. The molecular weight excluding hydrogens is 249 g/mol. The van der Waals surface area contributed by atoms with Gasteiger partial charge in [0.25, 0.3) is 5.91 Å². The molecule has 1 amide bonds. The number of pyridine rings is 1. The van der Waals surface area contributed by atoms with E-state index < -0.39 is 11.7 Å². The summed E-state index contributed by atoms with van der Waals surface area (Å²) >= 11 is 0. The normalized spacial score (nSPS) is 12.1. The van der Waals surface area contributed by atoms with Gasteiger partial charge >= 0.3 is 0 Å². The molecule has 0 spiro atoms. The van der Waals surface area contributed by atoms with Crippen molar-refractivity contribution in [3.8, 4) is 0 Å². The fourth-order valence-corrected chi connectivity index (χ4v) is 1.70. The Labute approximate surface area is 109 Å². The molecule has 0 saturated carbocycles. The predicted octanol–water partition coefficient (Wildman–Crippen LogP) is 1.41. The number of hydrogen-bond donors (Lipinski definition) is 3. The van der Waals surface area contributed by atoms with E-state index in [2.05, 4.69) is 20.3 Å². The van der Waals surface area contributed by atoms with Crippen LogP contribution >= 0.6 is 0 Å². The van der Waals surface area contributed by atoms with Crippen LogP contribution in [0.5, 0.6) is 0 Å². The highest BCUT2D eigenvalue weighted by Gasteiger charge is 2.19. The summed E-state index contributed by atoms with van der Waals surface area (Å²) in [5, 5.41) is 2.70. The Hall–Kier alpha value is -2.44. The smallest absolute Gasteiger partial charge is 0.255 e. The van der Waals surface area contributed by atoms with Crippen LogP contribution in [0.3, 0.4) is 0 Å². The fourth-order valence-electron chi connectivity index (χ4n) is 1.70. The molecule has 2 heterocycles. The van der Waals surface area contributed by atoms with Crippen LogP contribution in [0.15, 0.2) is 24.7 Å². The van der Waals surface area contributed by atoms with Gasteiger partial charge in [-0.15, -0.1) is 0 Å². The number of imidazole rings is 1. The zero-order valence-electron chi connectivity index (χ0n) is 10.4. The number of aromatic nitrogens is 3. The molecule has 100 valence electrons. The molecular formula is C12H14FN5O. The van der Waals surface area contributed by atoms with Gasteiger partial charge in [0.1, 0.15) is 5.82 Å². The maximum absolute atomic E-state index is 13.7. The number of nitrogens with one attached hydrogen (secondary N) is 2. The van der Waals surface area contributed by atoms with Crippen molar-refractivity contribution in [2.45, 2.75) is 19.4 Å². The molecule has 0 aliphatic rings. The molecule has 0 aliphatic heterocycles. The number of rotatable bonds is 4. The van der Waals surface area contributed by atoms with Gasteiger partial charge in [0.2, 0.25) is 0 Å². The Kier molecular flexibility index (Phi) is 3.74. The van der Waals surface area contributed by atoms with Crippen LogP contribution < -0.4 is 11.1 Å². The first-order chi connectivity index (χ1) is 9.13. The number of carbonyl (C=O) groups is 1. The minimum absolute atomic E-state index is 0.127. The lowest BCUT2D eigenvalue weighted by Crippen LogP contribution is -2.29. The summed E-state index contributed by atoms with van der Waals surface area (Å²) in [6, 6.07) is 0.979. The topological polar surface area (TPSA) is 96.7 Å². The van der Waals surface area contributed by atoms with Crippen molar-refractivity contribution in [1.29, 1.82) is 0 Å². The second-order valence-electron chi connectivity index (χ2n) is 3.97. The van der Waals surface area contributed by atoms with Crippen LogP contribution in [0.1, 0.15) is 35.6 Å². The van der Waals surface area contributed by atoms with Gasteiger partial charge in [-0.25, -0.2) is 14.4 Å². The van der Waals surface area contributed by atoms with Gasteiger partial charge in [-0.2, -0.15) is 0 Å². The SMILES string of the molecule is CCC(NC(=O)c1ccnc(N)c1F)c1ncc[nH]1. The Morgan fingerprint density at radius 3 is 2.95 bits per heavy atom. The van der Waals surface area contributed by atoms with Crippen LogP contribution in [0, 0.1) is 5.82 Å². The van der Waals surface area contributed by atoms with Crippen LogP contribution in [0.4, 0.5) is 10.2 Å². The molecule has 6 nitrogen and oxygen atoms in total. The number of nitrogen functional groups attached to an aromatic ring is 1. The fraction of sp³-hybridized carbons (Fsp3) is 0.250. The minimum atomic E-state index is -0.811. The third-order valence-corrected chi connectivity index (χ3v) is 2.72. The largest absolute Gasteiger partial charge is 0.381 e. The zero-order chi connectivity index (χ0) is 13.8. The highest BCUT2D eigenvalue weighted by atomic mass is 19.1. The lowest BCUT2D eigenvalue weighted by molar-refractivity contribution is 0.0929. The molecule has 0 bridgehead atoms. The average molecular weight is 263 g/mol. The summed E-state index contributed by atoms with van der Waals surface area (Å²) in [6.07, 6.45) is 5.17. The van der Waals surface area contributed by atoms with Crippen molar-refractivity contribution < 1.29 is 9.18 Å². The maximum Gasteiger partial charge on any atom is 0.255 e. The van der Waals surface area contributed by atoms with E-state index in [1.165, 1.54) is 12.3 Å². The Morgan fingerprint density at radius 1 is 1.53 bits per heavy atom. The molecule has 0 fully saturated rings. The minimum Gasteiger partial charge on any atom is -0.381 e. The first-order valence-corrected chi connectivity index (χ1v) is 5.83. The lowest BCUT2D eigenvalue weighted by atomic mass is 10.1. The van der Waals surface area contributed by atoms with E-state index in [9.17, 15) is 9.18 Å². The van der Waals surface area contributed by atoms with E-state index >= 15 is 0 Å². The summed E-state index contributed by atoms with van der Waals surface area (Å²) in [4.78, 5) is 22.6. The monoisotopic (exact) mass is 263 g/mol. The number of nitrogens with two attached hydrogens (primary N) is 1. The van der Waals surface area contributed by atoms with Crippen LogP contribution in [-0.2, 0) is 0 Å². The van der Waals surface area contributed by atoms with Crippen molar-refractivity contribution in [2.24, 2.45) is 0 Å². The molecule has 1 unspecified atom stereocenters. The quantitative estimate of drug-likeness (QED) is 0.776. The first-order valence-electron chi connectivity index (χ1n) is 5.83. The molecule has 1 atom stereocenters. The van der Waals surface area contributed by atoms with Gasteiger partial charge in [-0.05, 0) is 12.5 Å². The number of aromatic amines is 1. The molecule has 19 heavy (non-hydrogen) atoms. The van der Waals surface area contributed by atoms with E-state index in [1.54, 1.807) is 12.4 Å². The summed E-state index contributed by atoms with van der Waals surface area (Å²) in [6.45, 7) is 1.89. The third-order valence-electron chi connectivity index (χ3n) is 2.72. The Morgan fingerprint density at radius 2 is 2.32 bits per heavy atom. The predicted molar refractivity (Wildman–Crippen MR) is 67.7 cm³/mol. The number of carbonyl (C=O) groups excluding carboxylic acids is 1. The van der Waals surface area contributed by atoms with Gasteiger partial charge in [-0.3, -0.25) is 4.79 Å². The summed E-state index contributed by atoms with van der Waals surface area (Å²) in [5.41, 5.74) is 5.20. The highest BCUT2D eigenvalue weighted by molar-refractivity contribution is 5.95. The van der Waals surface area contributed by atoms with Crippen molar-refractivity contribution >= 4 is 11.7 Å². The molecule has 7 heteroatoms. The molecule has 0 aromatic carbocycles. The number of H-pyrrole nitrogens is 1. The third kappa shape index (κ3) is 2.70. The summed E-state index contributed by atoms with van der Waals surface area (Å²) in [7, 11) is 0. The van der Waals surface area contributed by atoms with Crippen molar-refractivity contribution in [2.75, 3.05) is 5.73 Å². The molecule has 2 aromatic heterocycles. The number of anilines is 1. The first kappa shape index (κ1) is 13.0. The van der Waals surface area contributed by atoms with E-state index in [-0.39, 0.29) is 17.4 Å². The van der Waals surface area contributed by atoms with E-state index in [1.807, 2.05) is 6.92 Å². The van der Waals surface area contributed by atoms with Gasteiger partial charge < -0.3 is 16.0 Å². The molecule has 0 aliphatic carbocycles. The second kappa shape index (κ2) is 5.47. The molecule has 4 N–H and O–H groups in total. The molecule has 2 rings (SSSR count). The standard InChI is InChI=1S/C12H14FN5O/c1-2-8(11-16-5-6-17-11)18-12(19)7-3-4-15-10(14)9(7)13/h3-6,8H,2H2,1H3,(H2,14,15)(H,16,17)(H,18,19). The van der Waals surface area contributed by atoms with Crippen LogP contribution in [0.25, 0.3) is 0 Å². The van der Waals surface area contributed by atoms with E-state index in [4.69, 9.17) is 5.73 Å². The van der Waals surface area contributed by atoms with Gasteiger partial charge in [0.15, 0.2) is 11.6 Å². The maximum atomic E-state index is 13.7. The number of hydrogen-bond acceptors (Lipinski definition) is 4. The van der Waals surface area contributed by atoms with Crippen molar-refractivity contribution in [1.82, 2.24) is 20.3 Å². The number of nitrogens with zero attached hydrogens (tertiary/aromatic N) is 2. The molecule has 0 saturated heterocycles. The van der Waals surface area contributed by atoms with E-state index in [0.29, 0.717) is 12.2 Å². The number of amides is 1. The average Bonchev–Trinajstić information content (AvgIpc) is 2.92. The Bertz CT molecular complexity index is 570. The Balaban J connectivity index is 2.18. The molecule has 2 aromatic rings. The highest BCUT2D eigenvalue weighted by Crippen LogP contribution is 2.15. The van der Waals surface area contributed by atoms with Gasteiger partial charge in [0, 0.05) is 18.6 Å². The zero-order valence-corrected chi connectivity index (χ0v) is 10.4. The second-order valence-corrected chi connectivity index (χ2v) is 3.97. The summed E-state index contributed by atoms with van der Waals surface area (Å²) in [5.74, 6) is -1.03. The lowest BCUT2D eigenvalue weighted by Gasteiger charge is -2.15. The number of halogens is 1. The summed E-state index contributed by atoms with van der Waals surface area (Å²) < 4.78 is 13.7. The van der Waals surface area contributed by atoms with Crippen molar-refractivity contribution in [3.05, 3.63) is 41.9 Å².